The highest BCUT2D eigenvalue weighted by Crippen LogP contribution is 2.35. The van der Waals surface area contributed by atoms with Crippen LogP contribution < -0.4 is 16.0 Å². The van der Waals surface area contributed by atoms with Crippen molar-refractivity contribution in [2.24, 2.45) is 0 Å². The maximum Gasteiger partial charge on any atom is 0.256 e. The highest BCUT2D eigenvalue weighted by Gasteiger charge is 2.32. The minimum absolute atomic E-state index is 0.112. The van der Waals surface area contributed by atoms with Gasteiger partial charge in [-0.05, 0) is 29.7 Å². The minimum Gasteiger partial charge on any atom is -0.390 e. The fraction of sp³-hybridized carbons (Fsp3) is 0.280. The molecule has 2 aromatic carbocycles. The zero-order valence-corrected chi connectivity index (χ0v) is 19.4. The third kappa shape index (κ3) is 4.28. The number of rotatable bonds is 7. The number of amides is 1. The molecule has 1 amide bonds. The molecule has 5 rings (SSSR count). The molecule has 0 unspecified atom stereocenters. The molecule has 0 bridgehead atoms. The SMILES string of the molecule is CCCn1ncc2cc(F)c(Nc3ncc(C(=O)NC)c(N[C@H]4c5ccccc5C[C@H]4O)n3)cc21. The van der Waals surface area contributed by atoms with Gasteiger partial charge in [0.15, 0.2) is 0 Å². The highest BCUT2D eigenvalue weighted by molar-refractivity contribution is 5.98. The van der Waals surface area contributed by atoms with Crippen molar-refractivity contribution in [1.29, 1.82) is 0 Å². The van der Waals surface area contributed by atoms with Crippen molar-refractivity contribution in [3.05, 3.63) is 71.3 Å². The number of hydrogen-bond acceptors (Lipinski definition) is 7. The molecule has 2 aromatic heterocycles. The van der Waals surface area contributed by atoms with Crippen molar-refractivity contribution in [2.45, 2.75) is 38.5 Å². The van der Waals surface area contributed by atoms with Crippen LogP contribution in [0.4, 0.5) is 21.8 Å². The monoisotopic (exact) mass is 475 g/mol. The van der Waals surface area contributed by atoms with Crippen LogP contribution in [0, 0.1) is 5.82 Å². The predicted molar refractivity (Wildman–Crippen MR) is 131 cm³/mol. The Bertz CT molecular complexity index is 1400. The number of fused-ring (bicyclic) bond motifs is 2. The first-order valence-corrected chi connectivity index (χ1v) is 11.5. The van der Waals surface area contributed by atoms with E-state index in [1.54, 1.807) is 12.3 Å². The van der Waals surface area contributed by atoms with E-state index in [1.165, 1.54) is 19.3 Å². The summed E-state index contributed by atoms with van der Waals surface area (Å²) >= 11 is 0. The molecule has 0 radical (unpaired) electrons. The van der Waals surface area contributed by atoms with Crippen LogP contribution in [0.1, 0.15) is 40.9 Å². The van der Waals surface area contributed by atoms with E-state index < -0.39 is 18.0 Å². The largest absolute Gasteiger partial charge is 0.390 e. The van der Waals surface area contributed by atoms with Gasteiger partial charge < -0.3 is 21.1 Å². The fourth-order valence-corrected chi connectivity index (χ4v) is 4.45. The van der Waals surface area contributed by atoms with Gasteiger partial charge in [0.05, 0.1) is 29.5 Å². The van der Waals surface area contributed by atoms with Crippen molar-refractivity contribution in [3.8, 4) is 0 Å². The lowest BCUT2D eigenvalue weighted by Gasteiger charge is -2.20. The summed E-state index contributed by atoms with van der Waals surface area (Å²) in [4.78, 5) is 21.2. The lowest BCUT2D eigenvalue weighted by molar-refractivity contribution is 0.0962. The summed E-state index contributed by atoms with van der Waals surface area (Å²) in [5.41, 5.74) is 3.18. The predicted octanol–water partition coefficient (Wildman–Crippen LogP) is 3.55. The molecule has 9 nitrogen and oxygen atoms in total. The topological polar surface area (TPSA) is 117 Å². The lowest BCUT2D eigenvalue weighted by atomic mass is 10.1. The molecular formula is C25H26FN7O2. The first-order chi connectivity index (χ1) is 17.0. The Balaban J connectivity index is 1.50. The number of carbonyl (C=O) groups excluding carboxylic acids is 1. The van der Waals surface area contributed by atoms with Crippen LogP contribution >= 0.6 is 0 Å². The highest BCUT2D eigenvalue weighted by atomic mass is 19.1. The number of nitrogens with zero attached hydrogens (tertiary/aromatic N) is 4. The number of halogens is 1. The molecule has 0 aliphatic heterocycles. The first-order valence-electron chi connectivity index (χ1n) is 11.5. The summed E-state index contributed by atoms with van der Waals surface area (Å²) in [7, 11) is 1.52. The van der Waals surface area contributed by atoms with Gasteiger partial charge in [0.2, 0.25) is 5.95 Å². The van der Waals surface area contributed by atoms with Gasteiger partial charge in [-0.15, -0.1) is 0 Å². The van der Waals surface area contributed by atoms with Crippen molar-refractivity contribution in [3.63, 3.8) is 0 Å². The molecule has 0 saturated heterocycles. The van der Waals surface area contributed by atoms with Crippen LogP contribution in [0.5, 0.6) is 0 Å². The van der Waals surface area contributed by atoms with Crippen LogP contribution in [0.2, 0.25) is 0 Å². The molecule has 10 heteroatoms. The van der Waals surface area contributed by atoms with Gasteiger partial charge in [-0.1, -0.05) is 31.2 Å². The van der Waals surface area contributed by atoms with Crippen LogP contribution in [0.3, 0.4) is 0 Å². The summed E-state index contributed by atoms with van der Waals surface area (Å²) in [6.45, 7) is 2.76. The number of aryl methyl sites for hydroxylation is 1. The summed E-state index contributed by atoms with van der Waals surface area (Å²) in [5, 5.41) is 24.4. The Morgan fingerprint density at radius 1 is 1.26 bits per heavy atom. The van der Waals surface area contributed by atoms with Gasteiger partial charge in [-0.25, -0.2) is 9.37 Å². The van der Waals surface area contributed by atoms with Crippen LogP contribution in [-0.2, 0) is 13.0 Å². The maximum atomic E-state index is 14.8. The second kappa shape index (κ2) is 9.30. The maximum absolute atomic E-state index is 14.8. The third-order valence-corrected chi connectivity index (χ3v) is 6.17. The van der Waals surface area contributed by atoms with E-state index in [9.17, 15) is 14.3 Å². The second-order valence-corrected chi connectivity index (χ2v) is 8.51. The number of anilines is 3. The quantitative estimate of drug-likeness (QED) is 0.323. The molecule has 4 N–H and O–H groups in total. The number of carbonyl (C=O) groups is 1. The number of hydrogen-bond donors (Lipinski definition) is 4. The smallest absolute Gasteiger partial charge is 0.256 e. The lowest BCUT2D eigenvalue weighted by Crippen LogP contribution is -2.26. The minimum atomic E-state index is -0.685. The van der Waals surface area contributed by atoms with Gasteiger partial charge in [-0.2, -0.15) is 10.1 Å². The molecule has 0 spiro atoms. The van der Waals surface area contributed by atoms with Gasteiger partial charge in [0.25, 0.3) is 5.91 Å². The number of aliphatic hydroxyl groups is 1. The van der Waals surface area contributed by atoms with E-state index in [1.807, 2.05) is 35.9 Å². The molecule has 2 atom stereocenters. The summed E-state index contributed by atoms with van der Waals surface area (Å²) in [6.07, 6.45) is 3.72. The normalized spacial score (nSPS) is 16.8. The Kier molecular flexibility index (Phi) is 6.04. The average Bonchev–Trinajstić information content (AvgIpc) is 3.39. The first kappa shape index (κ1) is 22.7. The van der Waals surface area contributed by atoms with E-state index in [-0.39, 0.29) is 28.9 Å². The van der Waals surface area contributed by atoms with E-state index in [0.29, 0.717) is 18.4 Å². The zero-order valence-electron chi connectivity index (χ0n) is 19.4. The zero-order chi connectivity index (χ0) is 24.5. The van der Waals surface area contributed by atoms with E-state index >= 15 is 0 Å². The molecule has 2 heterocycles. The summed E-state index contributed by atoms with van der Waals surface area (Å²) in [5.74, 6) is -0.501. The Morgan fingerprint density at radius 2 is 2.09 bits per heavy atom. The third-order valence-electron chi connectivity index (χ3n) is 6.17. The molecule has 35 heavy (non-hydrogen) atoms. The van der Waals surface area contributed by atoms with E-state index in [0.717, 1.165) is 23.1 Å². The van der Waals surface area contributed by atoms with Gasteiger partial charge >= 0.3 is 0 Å². The Hall–Kier alpha value is -4.05. The van der Waals surface area contributed by atoms with Gasteiger partial charge in [0.1, 0.15) is 17.2 Å². The van der Waals surface area contributed by atoms with Crippen molar-refractivity contribution in [2.75, 3.05) is 17.7 Å². The number of benzene rings is 2. The fourth-order valence-electron chi connectivity index (χ4n) is 4.45. The molecule has 4 aromatic rings. The van der Waals surface area contributed by atoms with Gasteiger partial charge in [-0.3, -0.25) is 9.48 Å². The molecule has 180 valence electrons. The van der Waals surface area contributed by atoms with Crippen molar-refractivity contribution < 1.29 is 14.3 Å². The van der Waals surface area contributed by atoms with E-state index in [4.69, 9.17) is 0 Å². The summed E-state index contributed by atoms with van der Waals surface area (Å²) < 4.78 is 16.7. The van der Waals surface area contributed by atoms with Crippen LogP contribution in [0.25, 0.3) is 10.9 Å². The molecule has 0 saturated carbocycles. The van der Waals surface area contributed by atoms with Crippen LogP contribution in [0.15, 0.2) is 48.8 Å². The molecular weight excluding hydrogens is 449 g/mol. The average molecular weight is 476 g/mol. The Labute approximate surface area is 201 Å². The number of nitrogens with one attached hydrogen (secondary N) is 3. The number of aliphatic hydroxyl groups excluding tert-OH is 1. The van der Waals surface area contributed by atoms with Crippen LogP contribution in [-0.4, -0.2) is 43.9 Å². The standard InChI is InChI=1S/C25H26FN7O2/c1-3-8-33-20-11-19(18(26)9-15(20)12-29-33)30-25-28-13-17(24(35)27-2)23(32-25)31-22-16-7-5-4-6-14(16)10-21(22)34/h4-7,9,11-13,21-22,34H,3,8,10H2,1-2H3,(H,27,35)(H2,28,30,31,32)/t21-,22+/m1/s1. The molecule has 0 fully saturated rings. The molecule has 1 aliphatic carbocycles. The van der Waals surface area contributed by atoms with Crippen molar-refractivity contribution >= 4 is 34.3 Å². The number of aromatic nitrogens is 4. The second-order valence-electron chi connectivity index (χ2n) is 8.51. The van der Waals surface area contributed by atoms with E-state index in [2.05, 4.69) is 31.0 Å². The van der Waals surface area contributed by atoms with Gasteiger partial charge in [0, 0.05) is 31.6 Å². The summed E-state index contributed by atoms with van der Waals surface area (Å²) in [6, 6.07) is 10.4. The molecule has 1 aliphatic rings. The Morgan fingerprint density at radius 3 is 2.89 bits per heavy atom. The van der Waals surface area contributed by atoms with Crippen molar-refractivity contribution in [1.82, 2.24) is 25.1 Å².